The van der Waals surface area contributed by atoms with Crippen molar-refractivity contribution in [2.24, 2.45) is 0 Å². The van der Waals surface area contributed by atoms with Gasteiger partial charge in [0.25, 0.3) is 0 Å². The first-order chi connectivity index (χ1) is 15.9. The second-order valence-electron chi connectivity index (χ2n) is 7.92. The lowest BCUT2D eigenvalue weighted by atomic mass is 10.2. The summed E-state index contributed by atoms with van der Waals surface area (Å²) in [5.74, 6) is 0.813. The highest BCUT2D eigenvalue weighted by Crippen LogP contribution is 2.24. The van der Waals surface area contributed by atoms with E-state index in [-0.39, 0.29) is 5.91 Å². The van der Waals surface area contributed by atoms with Crippen LogP contribution < -0.4 is 9.64 Å². The van der Waals surface area contributed by atoms with Crippen LogP contribution in [-0.2, 0) is 11.3 Å². The van der Waals surface area contributed by atoms with E-state index in [0.717, 1.165) is 41.3 Å². The molecule has 2 heterocycles. The van der Waals surface area contributed by atoms with Crippen LogP contribution in [0.4, 0.5) is 5.69 Å². The van der Waals surface area contributed by atoms with Gasteiger partial charge in [-0.3, -0.25) is 4.79 Å². The van der Waals surface area contributed by atoms with Crippen LogP contribution >= 0.6 is 23.2 Å². The molecule has 1 aliphatic heterocycles. The van der Waals surface area contributed by atoms with Crippen LogP contribution in [0.25, 0.3) is 6.08 Å². The molecular formula is C25H26Cl2N4O2. The molecule has 0 atom stereocenters. The van der Waals surface area contributed by atoms with E-state index < -0.39 is 0 Å². The Kier molecular flexibility index (Phi) is 7.26. The summed E-state index contributed by atoms with van der Waals surface area (Å²) in [7, 11) is 1.66. The van der Waals surface area contributed by atoms with Crippen molar-refractivity contribution < 1.29 is 9.53 Å². The molecule has 0 bridgehead atoms. The minimum Gasteiger partial charge on any atom is -0.497 e. The summed E-state index contributed by atoms with van der Waals surface area (Å²) in [4.78, 5) is 16.9. The van der Waals surface area contributed by atoms with Crippen LogP contribution in [0.15, 0.2) is 54.6 Å². The number of ether oxygens (including phenoxy) is 1. The average molecular weight is 485 g/mol. The molecule has 6 nitrogen and oxygen atoms in total. The molecule has 0 aliphatic carbocycles. The second kappa shape index (κ2) is 10.3. The summed E-state index contributed by atoms with van der Waals surface area (Å²) in [5, 5.41) is 5.73. The number of hydrogen-bond acceptors (Lipinski definition) is 4. The Hall–Kier alpha value is -2.96. The zero-order valence-corrected chi connectivity index (χ0v) is 20.2. The van der Waals surface area contributed by atoms with Crippen LogP contribution in [0.5, 0.6) is 5.75 Å². The van der Waals surface area contributed by atoms with E-state index in [0.29, 0.717) is 29.8 Å². The fraction of sp³-hybridized carbons (Fsp3) is 0.280. The van der Waals surface area contributed by atoms with Crippen molar-refractivity contribution in [3.8, 4) is 5.75 Å². The number of aromatic nitrogens is 2. The van der Waals surface area contributed by atoms with Crippen LogP contribution in [0.2, 0.25) is 10.2 Å². The van der Waals surface area contributed by atoms with E-state index in [2.05, 4.69) is 10.00 Å². The number of aryl methyl sites for hydroxylation is 1. The Morgan fingerprint density at radius 2 is 1.70 bits per heavy atom. The molecule has 33 heavy (non-hydrogen) atoms. The molecule has 0 radical (unpaired) electrons. The van der Waals surface area contributed by atoms with Gasteiger partial charge >= 0.3 is 0 Å². The molecule has 0 saturated carbocycles. The molecule has 1 saturated heterocycles. The van der Waals surface area contributed by atoms with Crippen molar-refractivity contribution in [2.45, 2.75) is 13.5 Å². The topological polar surface area (TPSA) is 50.6 Å². The maximum absolute atomic E-state index is 12.8. The first-order valence-corrected chi connectivity index (χ1v) is 11.5. The number of rotatable bonds is 6. The fourth-order valence-electron chi connectivity index (χ4n) is 3.86. The number of halogens is 2. The first kappa shape index (κ1) is 23.2. The lowest BCUT2D eigenvalue weighted by molar-refractivity contribution is -0.126. The van der Waals surface area contributed by atoms with Gasteiger partial charge in [-0.2, -0.15) is 5.10 Å². The van der Waals surface area contributed by atoms with E-state index in [4.69, 9.17) is 27.9 Å². The smallest absolute Gasteiger partial charge is 0.246 e. The Morgan fingerprint density at radius 3 is 2.33 bits per heavy atom. The van der Waals surface area contributed by atoms with Crippen LogP contribution in [0.3, 0.4) is 0 Å². The number of benzene rings is 2. The molecule has 8 heteroatoms. The van der Waals surface area contributed by atoms with Gasteiger partial charge in [-0.25, -0.2) is 4.68 Å². The van der Waals surface area contributed by atoms with Crippen LogP contribution in [0.1, 0.15) is 16.8 Å². The van der Waals surface area contributed by atoms with Gasteiger partial charge in [0.05, 0.1) is 19.3 Å². The first-order valence-electron chi connectivity index (χ1n) is 10.8. The van der Waals surface area contributed by atoms with Crippen molar-refractivity contribution in [1.29, 1.82) is 0 Å². The average Bonchev–Trinajstić information content (AvgIpc) is 3.11. The summed E-state index contributed by atoms with van der Waals surface area (Å²) in [6.45, 7) is 5.32. The summed E-state index contributed by atoms with van der Waals surface area (Å²) in [6.07, 6.45) is 3.35. The molecule has 1 amide bonds. The zero-order chi connectivity index (χ0) is 23.4. The predicted octanol–water partition coefficient (Wildman–Crippen LogP) is 4.92. The molecule has 172 valence electrons. The number of nitrogens with zero attached hydrogens (tertiary/aromatic N) is 4. The van der Waals surface area contributed by atoms with E-state index in [9.17, 15) is 4.79 Å². The number of amides is 1. The summed E-state index contributed by atoms with van der Waals surface area (Å²) in [5.41, 5.74) is 3.72. The third-order valence-corrected chi connectivity index (χ3v) is 6.43. The minimum absolute atomic E-state index is 0.0229. The molecule has 1 fully saturated rings. The zero-order valence-electron chi connectivity index (χ0n) is 18.7. The van der Waals surface area contributed by atoms with Crippen molar-refractivity contribution in [1.82, 2.24) is 14.7 Å². The lowest BCUT2D eigenvalue weighted by Crippen LogP contribution is -2.48. The van der Waals surface area contributed by atoms with Crippen molar-refractivity contribution in [2.75, 3.05) is 38.2 Å². The quantitative estimate of drug-likeness (QED) is 0.466. The summed E-state index contributed by atoms with van der Waals surface area (Å²) < 4.78 is 6.96. The number of carbonyl (C=O) groups excluding carboxylic acids is 1. The Bertz CT molecular complexity index is 1130. The monoisotopic (exact) mass is 484 g/mol. The Morgan fingerprint density at radius 1 is 1.03 bits per heavy atom. The van der Waals surface area contributed by atoms with E-state index >= 15 is 0 Å². The molecule has 1 aromatic heterocycles. The molecule has 3 aromatic rings. The fourth-order valence-corrected chi connectivity index (χ4v) is 4.29. The maximum Gasteiger partial charge on any atom is 0.246 e. The van der Waals surface area contributed by atoms with Crippen molar-refractivity contribution in [3.63, 3.8) is 0 Å². The number of hydrogen-bond donors (Lipinski definition) is 0. The number of methoxy groups -OCH3 is 1. The highest BCUT2D eigenvalue weighted by atomic mass is 35.5. The van der Waals surface area contributed by atoms with E-state index in [1.807, 2.05) is 60.4 Å². The third-order valence-electron chi connectivity index (χ3n) is 5.78. The Balaban J connectivity index is 1.36. The lowest BCUT2D eigenvalue weighted by Gasteiger charge is -2.35. The van der Waals surface area contributed by atoms with Gasteiger partial charge in [-0.15, -0.1) is 0 Å². The minimum atomic E-state index is -0.0229. The maximum atomic E-state index is 12.8. The van der Waals surface area contributed by atoms with Crippen molar-refractivity contribution >= 4 is 40.9 Å². The van der Waals surface area contributed by atoms with Gasteiger partial charge in [0.2, 0.25) is 5.91 Å². The van der Waals surface area contributed by atoms with Crippen LogP contribution in [-0.4, -0.2) is 53.9 Å². The van der Waals surface area contributed by atoms with Gasteiger partial charge in [-0.05, 0) is 55.0 Å². The molecule has 2 aromatic carbocycles. The van der Waals surface area contributed by atoms with Gasteiger partial charge < -0.3 is 14.5 Å². The summed E-state index contributed by atoms with van der Waals surface area (Å²) in [6, 6.07) is 15.6. The van der Waals surface area contributed by atoms with Gasteiger partial charge in [0.15, 0.2) is 0 Å². The highest BCUT2D eigenvalue weighted by Gasteiger charge is 2.20. The van der Waals surface area contributed by atoms with Gasteiger partial charge in [0, 0.05) is 48.5 Å². The molecule has 0 unspecified atom stereocenters. The Labute approximate surface area is 204 Å². The molecule has 4 rings (SSSR count). The molecule has 1 aliphatic rings. The second-order valence-corrected chi connectivity index (χ2v) is 8.71. The SMILES string of the molecule is COc1ccc(N2CCN(C(=O)/C=C/c3c(C)nn(Cc4ccc(Cl)cc4)c3Cl)CC2)cc1. The largest absolute Gasteiger partial charge is 0.497 e. The van der Waals surface area contributed by atoms with Crippen LogP contribution in [0, 0.1) is 6.92 Å². The van der Waals surface area contributed by atoms with E-state index in [1.54, 1.807) is 23.9 Å². The number of carbonyl (C=O) groups is 1. The van der Waals surface area contributed by atoms with Gasteiger partial charge in [-0.1, -0.05) is 35.3 Å². The normalized spacial score (nSPS) is 14.2. The predicted molar refractivity (Wildman–Crippen MR) is 133 cm³/mol. The number of anilines is 1. The number of piperazine rings is 1. The van der Waals surface area contributed by atoms with Crippen molar-refractivity contribution in [3.05, 3.63) is 81.6 Å². The standard InChI is InChI=1S/C25H26Cl2N4O2/c1-18-23(25(27)31(28-18)17-19-3-5-20(26)6-4-19)11-12-24(32)30-15-13-29(14-16-30)21-7-9-22(33-2)10-8-21/h3-12H,13-17H2,1-2H3/b12-11+. The third kappa shape index (κ3) is 5.52. The van der Waals surface area contributed by atoms with Gasteiger partial charge in [0.1, 0.15) is 10.9 Å². The molecular weight excluding hydrogens is 459 g/mol. The molecule has 0 N–H and O–H groups in total. The summed E-state index contributed by atoms with van der Waals surface area (Å²) >= 11 is 12.5. The molecule has 0 spiro atoms. The van der Waals surface area contributed by atoms with E-state index in [1.165, 1.54) is 0 Å². The highest BCUT2D eigenvalue weighted by molar-refractivity contribution is 6.31.